The van der Waals surface area contributed by atoms with Crippen LogP contribution in [0.4, 0.5) is 10.1 Å². The summed E-state index contributed by atoms with van der Waals surface area (Å²) in [5.41, 5.74) is 0.0323. The molecule has 1 N–H and O–H groups in total. The van der Waals surface area contributed by atoms with E-state index in [1.165, 1.54) is 6.07 Å². The fourth-order valence-corrected chi connectivity index (χ4v) is 2.36. The van der Waals surface area contributed by atoms with Gasteiger partial charge in [-0.3, -0.25) is 10.1 Å². The second kappa shape index (κ2) is 7.50. The van der Waals surface area contributed by atoms with Crippen molar-refractivity contribution in [2.75, 3.05) is 6.54 Å². The highest BCUT2D eigenvalue weighted by molar-refractivity contribution is 5.36. The van der Waals surface area contributed by atoms with E-state index in [0.29, 0.717) is 12.0 Å². The van der Waals surface area contributed by atoms with Crippen LogP contribution in [0.1, 0.15) is 46.1 Å². The van der Waals surface area contributed by atoms with Gasteiger partial charge in [-0.25, -0.2) is 0 Å². The van der Waals surface area contributed by atoms with Gasteiger partial charge in [0, 0.05) is 12.1 Å². The summed E-state index contributed by atoms with van der Waals surface area (Å²) >= 11 is 0. The van der Waals surface area contributed by atoms with Crippen LogP contribution in [0.15, 0.2) is 18.2 Å². The maximum Gasteiger partial charge on any atom is 0.305 e. The Hall–Kier alpha value is -1.49. The molecule has 1 atom stereocenters. The smallest absolute Gasteiger partial charge is 0.305 e. The summed E-state index contributed by atoms with van der Waals surface area (Å²) in [5, 5.41) is 14.2. The van der Waals surface area contributed by atoms with E-state index < -0.39 is 16.4 Å². The molecule has 4 nitrogen and oxygen atoms in total. The number of halogens is 1. The lowest BCUT2D eigenvalue weighted by Gasteiger charge is -2.32. The minimum Gasteiger partial charge on any atom is -0.313 e. The van der Waals surface area contributed by atoms with Crippen molar-refractivity contribution in [2.45, 2.75) is 53.0 Å². The minimum absolute atomic E-state index is 0.0619. The van der Waals surface area contributed by atoms with Gasteiger partial charge in [0.2, 0.25) is 5.82 Å². The molecule has 0 radical (unpaired) electrons. The molecule has 0 saturated carbocycles. The van der Waals surface area contributed by atoms with Crippen molar-refractivity contribution in [1.29, 1.82) is 0 Å². The van der Waals surface area contributed by atoms with E-state index in [0.717, 1.165) is 19.4 Å². The fraction of sp³-hybridized carbons (Fsp3) is 0.625. The lowest BCUT2D eigenvalue weighted by Crippen LogP contribution is -2.41. The second-order valence-electron chi connectivity index (χ2n) is 6.42. The Morgan fingerprint density at radius 2 is 2.05 bits per heavy atom. The molecule has 118 valence electrons. The molecule has 1 aromatic rings. The molecule has 1 unspecified atom stereocenters. The quantitative estimate of drug-likeness (QED) is 0.609. The van der Waals surface area contributed by atoms with Crippen molar-refractivity contribution < 1.29 is 9.31 Å². The average molecular weight is 296 g/mol. The summed E-state index contributed by atoms with van der Waals surface area (Å²) in [6.07, 6.45) is 2.28. The first-order valence-corrected chi connectivity index (χ1v) is 7.42. The molecule has 0 fully saturated rings. The van der Waals surface area contributed by atoms with Crippen molar-refractivity contribution in [2.24, 2.45) is 5.41 Å². The van der Waals surface area contributed by atoms with Crippen molar-refractivity contribution in [3.8, 4) is 0 Å². The van der Waals surface area contributed by atoms with Crippen molar-refractivity contribution in [1.82, 2.24) is 5.32 Å². The molecule has 0 aliphatic heterocycles. The van der Waals surface area contributed by atoms with E-state index in [4.69, 9.17) is 0 Å². The Bertz CT molecular complexity index is 484. The predicted octanol–water partition coefficient (Wildman–Crippen LogP) is 4.08. The van der Waals surface area contributed by atoms with Crippen LogP contribution in [-0.2, 0) is 6.42 Å². The Morgan fingerprint density at radius 3 is 2.57 bits per heavy atom. The zero-order valence-electron chi connectivity index (χ0n) is 13.3. The minimum atomic E-state index is -0.703. The van der Waals surface area contributed by atoms with E-state index in [1.807, 2.05) is 0 Å². The van der Waals surface area contributed by atoms with E-state index in [2.05, 4.69) is 33.0 Å². The van der Waals surface area contributed by atoms with Gasteiger partial charge in [-0.15, -0.1) is 0 Å². The number of hydrogen-bond acceptors (Lipinski definition) is 3. The van der Waals surface area contributed by atoms with Crippen LogP contribution < -0.4 is 5.32 Å². The largest absolute Gasteiger partial charge is 0.313 e. The van der Waals surface area contributed by atoms with Crippen molar-refractivity contribution in [3.63, 3.8) is 0 Å². The number of nitro benzene ring substituents is 1. The van der Waals surface area contributed by atoms with Crippen LogP contribution in [0.2, 0.25) is 0 Å². The van der Waals surface area contributed by atoms with Crippen LogP contribution in [0.3, 0.4) is 0 Å². The molecular weight excluding hydrogens is 271 g/mol. The average Bonchev–Trinajstić information content (AvgIpc) is 2.38. The zero-order valence-corrected chi connectivity index (χ0v) is 13.3. The van der Waals surface area contributed by atoms with Gasteiger partial charge in [-0.2, -0.15) is 4.39 Å². The highest BCUT2D eigenvalue weighted by Crippen LogP contribution is 2.26. The maximum atomic E-state index is 14.1. The molecule has 0 amide bonds. The lowest BCUT2D eigenvalue weighted by atomic mass is 9.83. The van der Waals surface area contributed by atoms with Gasteiger partial charge in [0.15, 0.2) is 0 Å². The van der Waals surface area contributed by atoms with Gasteiger partial charge in [0.1, 0.15) is 0 Å². The number of hydrogen-bond donors (Lipinski definition) is 1. The number of nitro groups is 1. The van der Waals surface area contributed by atoms with Gasteiger partial charge in [0.05, 0.1) is 4.92 Å². The van der Waals surface area contributed by atoms with Crippen molar-refractivity contribution >= 4 is 5.69 Å². The molecule has 1 rings (SSSR count). The maximum absolute atomic E-state index is 14.1. The van der Waals surface area contributed by atoms with Gasteiger partial charge in [0.25, 0.3) is 0 Å². The number of rotatable bonds is 7. The summed E-state index contributed by atoms with van der Waals surface area (Å²) in [5.74, 6) is -0.703. The summed E-state index contributed by atoms with van der Waals surface area (Å²) in [6, 6.07) is 4.62. The molecule has 21 heavy (non-hydrogen) atoms. The summed E-state index contributed by atoms with van der Waals surface area (Å²) < 4.78 is 14.1. The van der Waals surface area contributed by atoms with Gasteiger partial charge in [-0.1, -0.05) is 39.8 Å². The molecule has 0 aromatic heterocycles. The highest BCUT2D eigenvalue weighted by atomic mass is 19.1. The normalized spacial score (nSPS) is 13.2. The molecule has 0 heterocycles. The number of aryl methyl sites for hydroxylation is 1. The van der Waals surface area contributed by atoms with Gasteiger partial charge >= 0.3 is 5.69 Å². The molecule has 0 aliphatic carbocycles. The molecule has 0 aliphatic rings. The second-order valence-corrected chi connectivity index (χ2v) is 6.42. The van der Waals surface area contributed by atoms with Gasteiger partial charge < -0.3 is 5.32 Å². The zero-order chi connectivity index (χ0) is 16.0. The Labute approximate surface area is 125 Å². The highest BCUT2D eigenvalue weighted by Gasteiger charge is 2.25. The molecule has 1 aromatic carbocycles. The first kappa shape index (κ1) is 17.6. The Balaban J connectivity index is 2.81. The standard InChI is InChI=1S/C16H25FN2O2/c1-5-11-18-14(16(2,3)4)10-9-12-7-6-8-13(15(12)17)19(20)21/h6-8,14,18H,5,9-11H2,1-4H3. The molecule has 0 bridgehead atoms. The Morgan fingerprint density at radius 1 is 1.38 bits per heavy atom. The third-order valence-electron chi connectivity index (χ3n) is 3.64. The van der Waals surface area contributed by atoms with Crippen molar-refractivity contribution in [3.05, 3.63) is 39.7 Å². The number of nitrogens with one attached hydrogen (secondary N) is 1. The molecule has 5 heteroatoms. The van der Waals surface area contributed by atoms with Crippen LogP contribution >= 0.6 is 0 Å². The van der Waals surface area contributed by atoms with Crippen LogP contribution in [0.25, 0.3) is 0 Å². The summed E-state index contributed by atoms with van der Waals surface area (Å²) in [4.78, 5) is 10.1. The first-order valence-electron chi connectivity index (χ1n) is 7.42. The molecular formula is C16H25FN2O2. The Kier molecular flexibility index (Phi) is 6.27. The van der Waals surface area contributed by atoms with Crippen LogP contribution in [0.5, 0.6) is 0 Å². The molecule has 0 saturated heterocycles. The summed E-state index contributed by atoms with van der Waals surface area (Å²) in [7, 11) is 0. The summed E-state index contributed by atoms with van der Waals surface area (Å²) in [6.45, 7) is 9.45. The number of benzene rings is 1. The van der Waals surface area contributed by atoms with Crippen LogP contribution in [0, 0.1) is 21.3 Å². The van der Waals surface area contributed by atoms with Gasteiger partial charge in [-0.05, 0) is 36.8 Å². The number of nitrogens with zero attached hydrogens (tertiary/aromatic N) is 1. The molecule has 0 spiro atoms. The SMILES string of the molecule is CCCNC(CCc1cccc([N+](=O)[O-])c1F)C(C)(C)C. The lowest BCUT2D eigenvalue weighted by molar-refractivity contribution is -0.387. The topological polar surface area (TPSA) is 55.2 Å². The van der Waals surface area contributed by atoms with Crippen LogP contribution in [-0.4, -0.2) is 17.5 Å². The third kappa shape index (κ3) is 5.08. The van der Waals surface area contributed by atoms with E-state index in [-0.39, 0.29) is 11.5 Å². The predicted molar refractivity (Wildman–Crippen MR) is 82.9 cm³/mol. The first-order chi connectivity index (χ1) is 9.77. The van der Waals surface area contributed by atoms with E-state index >= 15 is 0 Å². The third-order valence-corrected chi connectivity index (χ3v) is 3.64. The van der Waals surface area contributed by atoms with E-state index in [9.17, 15) is 14.5 Å². The van der Waals surface area contributed by atoms with E-state index in [1.54, 1.807) is 12.1 Å². The fourth-order valence-electron chi connectivity index (χ4n) is 2.36. The monoisotopic (exact) mass is 296 g/mol.